The number of hydrogen-bond donors (Lipinski definition) is 1. The van der Waals surface area contributed by atoms with Crippen LogP contribution in [-0.4, -0.2) is 56.2 Å². The topological polar surface area (TPSA) is 86.8 Å². The second-order valence-corrected chi connectivity index (χ2v) is 9.42. The summed E-state index contributed by atoms with van der Waals surface area (Å²) in [6.45, 7) is 2.09. The minimum absolute atomic E-state index is 0.0961. The third-order valence-corrected chi connectivity index (χ3v) is 7.17. The number of nitrogens with zero attached hydrogens (tertiary/aromatic N) is 2. The molecular weight excluding hydrogens is 402 g/mol. The van der Waals surface area contributed by atoms with Crippen LogP contribution in [0.4, 0.5) is 5.69 Å². The number of para-hydroxylation sites is 1. The molecule has 2 aliphatic rings. The van der Waals surface area contributed by atoms with E-state index >= 15 is 0 Å². The molecule has 0 bridgehead atoms. The lowest BCUT2D eigenvalue weighted by atomic mass is 9.84. The van der Waals surface area contributed by atoms with Crippen LogP contribution in [0.3, 0.4) is 0 Å². The lowest BCUT2D eigenvalue weighted by molar-refractivity contribution is -0.139. The van der Waals surface area contributed by atoms with Gasteiger partial charge in [0.15, 0.2) is 0 Å². The first-order valence-corrected chi connectivity index (χ1v) is 11.7. The van der Waals surface area contributed by atoms with Crippen molar-refractivity contribution in [2.75, 3.05) is 30.9 Å². The predicted octanol–water partition coefficient (Wildman–Crippen LogP) is 2.57. The maximum atomic E-state index is 12.8. The van der Waals surface area contributed by atoms with E-state index in [9.17, 15) is 18.0 Å². The van der Waals surface area contributed by atoms with Gasteiger partial charge in [0.25, 0.3) is 15.9 Å². The Bertz CT molecular complexity index is 1010. The van der Waals surface area contributed by atoms with E-state index in [1.54, 1.807) is 35.2 Å². The zero-order valence-corrected chi connectivity index (χ0v) is 17.5. The van der Waals surface area contributed by atoms with Gasteiger partial charge in [0, 0.05) is 43.3 Å². The van der Waals surface area contributed by atoms with Crippen LogP contribution in [-0.2, 0) is 14.8 Å². The van der Waals surface area contributed by atoms with Crippen molar-refractivity contribution >= 4 is 27.5 Å². The molecule has 158 valence electrons. The van der Waals surface area contributed by atoms with Crippen LogP contribution in [0.25, 0.3) is 0 Å². The van der Waals surface area contributed by atoms with Gasteiger partial charge in [-0.1, -0.05) is 24.6 Å². The molecule has 2 fully saturated rings. The summed E-state index contributed by atoms with van der Waals surface area (Å²) in [4.78, 5) is 28.8. The van der Waals surface area contributed by atoms with E-state index in [0.29, 0.717) is 37.4 Å². The Kier molecular flexibility index (Phi) is 5.76. The Labute approximate surface area is 176 Å². The second kappa shape index (κ2) is 8.47. The maximum Gasteiger partial charge on any atom is 0.261 e. The van der Waals surface area contributed by atoms with E-state index in [2.05, 4.69) is 4.72 Å². The molecular formula is C22H25N3O4S. The third-order valence-electron chi connectivity index (χ3n) is 5.77. The van der Waals surface area contributed by atoms with E-state index in [-0.39, 0.29) is 22.6 Å². The van der Waals surface area contributed by atoms with Crippen LogP contribution in [0.1, 0.15) is 29.6 Å². The van der Waals surface area contributed by atoms with E-state index in [4.69, 9.17) is 0 Å². The highest BCUT2D eigenvalue weighted by molar-refractivity contribution is 7.92. The predicted molar refractivity (Wildman–Crippen MR) is 114 cm³/mol. The lowest BCUT2D eigenvalue weighted by Crippen LogP contribution is -2.52. The van der Waals surface area contributed by atoms with Crippen molar-refractivity contribution in [2.24, 2.45) is 5.92 Å². The van der Waals surface area contributed by atoms with Gasteiger partial charge in [-0.15, -0.1) is 0 Å². The Hall–Kier alpha value is -2.87. The first-order valence-electron chi connectivity index (χ1n) is 10.2. The van der Waals surface area contributed by atoms with Gasteiger partial charge in [0.05, 0.1) is 4.90 Å². The molecule has 1 aliphatic carbocycles. The molecule has 0 atom stereocenters. The van der Waals surface area contributed by atoms with E-state index in [1.165, 1.54) is 24.3 Å². The van der Waals surface area contributed by atoms with Gasteiger partial charge in [0.2, 0.25) is 5.91 Å². The summed E-state index contributed by atoms with van der Waals surface area (Å²) in [5, 5.41) is 0. The van der Waals surface area contributed by atoms with Crippen LogP contribution < -0.4 is 4.72 Å². The zero-order valence-electron chi connectivity index (χ0n) is 16.7. The summed E-state index contributed by atoms with van der Waals surface area (Å²) in [5.74, 6) is 0.241. The number of hydrogen-bond acceptors (Lipinski definition) is 4. The monoisotopic (exact) mass is 427 g/mol. The molecule has 1 saturated heterocycles. The van der Waals surface area contributed by atoms with E-state index in [0.717, 1.165) is 19.3 Å². The summed E-state index contributed by atoms with van der Waals surface area (Å²) < 4.78 is 27.6. The number of rotatable bonds is 5. The molecule has 0 spiro atoms. The van der Waals surface area contributed by atoms with Gasteiger partial charge in [-0.05, 0) is 49.2 Å². The molecule has 8 heteroatoms. The SMILES string of the molecule is O=C(c1ccc(S(=O)(=O)Nc2ccccc2)cc1)N1CCN(C(=O)C2CCC2)CC1. The number of benzene rings is 2. The van der Waals surface area contributed by atoms with E-state index < -0.39 is 10.0 Å². The zero-order chi connectivity index (χ0) is 21.1. The van der Waals surface area contributed by atoms with Gasteiger partial charge >= 0.3 is 0 Å². The fourth-order valence-corrected chi connectivity index (χ4v) is 4.78. The molecule has 1 N–H and O–H groups in total. The molecule has 4 rings (SSSR count). The summed E-state index contributed by atoms with van der Waals surface area (Å²) in [6.07, 6.45) is 3.08. The van der Waals surface area contributed by atoms with Gasteiger partial charge in [-0.25, -0.2) is 8.42 Å². The number of sulfonamides is 1. The Morgan fingerprint density at radius 3 is 2.00 bits per heavy atom. The number of piperazine rings is 1. The van der Waals surface area contributed by atoms with Crippen molar-refractivity contribution in [3.63, 3.8) is 0 Å². The normalized spacial score (nSPS) is 17.3. The largest absolute Gasteiger partial charge is 0.339 e. The number of amides is 2. The van der Waals surface area contributed by atoms with Gasteiger partial charge in [-0.3, -0.25) is 14.3 Å². The van der Waals surface area contributed by atoms with Gasteiger partial charge in [-0.2, -0.15) is 0 Å². The molecule has 7 nitrogen and oxygen atoms in total. The fraction of sp³-hybridized carbons (Fsp3) is 0.364. The Morgan fingerprint density at radius 2 is 1.43 bits per heavy atom. The quantitative estimate of drug-likeness (QED) is 0.795. The molecule has 0 radical (unpaired) electrons. The second-order valence-electron chi connectivity index (χ2n) is 7.74. The molecule has 2 aromatic carbocycles. The van der Waals surface area contributed by atoms with Crippen molar-refractivity contribution in [1.82, 2.24) is 9.80 Å². The highest BCUT2D eigenvalue weighted by Gasteiger charge is 2.32. The van der Waals surface area contributed by atoms with Crippen LogP contribution in [0.5, 0.6) is 0 Å². The van der Waals surface area contributed by atoms with Crippen LogP contribution in [0.2, 0.25) is 0 Å². The fourth-order valence-electron chi connectivity index (χ4n) is 3.72. The summed E-state index contributed by atoms with van der Waals surface area (Å²) >= 11 is 0. The molecule has 1 saturated carbocycles. The average Bonchev–Trinajstić information content (AvgIpc) is 2.72. The molecule has 30 heavy (non-hydrogen) atoms. The van der Waals surface area contributed by atoms with Crippen molar-refractivity contribution in [3.05, 3.63) is 60.2 Å². The number of carbonyl (C=O) groups is 2. The maximum absolute atomic E-state index is 12.8. The first-order chi connectivity index (χ1) is 14.4. The molecule has 0 unspecified atom stereocenters. The minimum Gasteiger partial charge on any atom is -0.339 e. The third kappa shape index (κ3) is 4.33. The van der Waals surface area contributed by atoms with Gasteiger partial charge < -0.3 is 9.80 Å². The number of carbonyl (C=O) groups excluding carboxylic acids is 2. The van der Waals surface area contributed by atoms with Crippen LogP contribution in [0.15, 0.2) is 59.5 Å². The van der Waals surface area contributed by atoms with Crippen molar-refractivity contribution in [1.29, 1.82) is 0 Å². The van der Waals surface area contributed by atoms with E-state index in [1.807, 2.05) is 4.90 Å². The van der Waals surface area contributed by atoms with Crippen molar-refractivity contribution in [2.45, 2.75) is 24.2 Å². The van der Waals surface area contributed by atoms with Crippen molar-refractivity contribution in [3.8, 4) is 0 Å². The molecule has 2 aromatic rings. The minimum atomic E-state index is -3.72. The lowest BCUT2D eigenvalue weighted by Gasteiger charge is -2.38. The Balaban J connectivity index is 1.37. The first kappa shape index (κ1) is 20.4. The van der Waals surface area contributed by atoms with Crippen LogP contribution in [0, 0.1) is 5.92 Å². The summed E-state index contributed by atoms with van der Waals surface area (Å²) in [5.41, 5.74) is 0.916. The van der Waals surface area contributed by atoms with Crippen molar-refractivity contribution < 1.29 is 18.0 Å². The number of anilines is 1. The molecule has 1 heterocycles. The van der Waals surface area contributed by atoms with Crippen LogP contribution >= 0.6 is 0 Å². The summed E-state index contributed by atoms with van der Waals surface area (Å²) in [7, 11) is -3.72. The standard InChI is InChI=1S/C22H25N3O4S/c26-21(17-5-4-6-17)24-13-15-25(16-14-24)22(27)18-9-11-20(12-10-18)30(28,29)23-19-7-2-1-3-8-19/h1-3,7-12,17,23H,4-6,13-16H2. The molecule has 1 aliphatic heterocycles. The average molecular weight is 428 g/mol. The molecule has 0 aromatic heterocycles. The summed E-state index contributed by atoms with van der Waals surface area (Å²) in [6, 6.07) is 14.6. The Morgan fingerprint density at radius 1 is 0.833 bits per heavy atom. The highest BCUT2D eigenvalue weighted by atomic mass is 32.2. The highest BCUT2D eigenvalue weighted by Crippen LogP contribution is 2.28. The number of nitrogens with one attached hydrogen (secondary N) is 1. The molecule has 2 amide bonds. The van der Waals surface area contributed by atoms with Gasteiger partial charge in [0.1, 0.15) is 0 Å². The smallest absolute Gasteiger partial charge is 0.261 e.